The lowest BCUT2D eigenvalue weighted by Crippen LogP contribution is -2.44. The lowest BCUT2D eigenvalue weighted by atomic mass is 9.80. The van der Waals surface area contributed by atoms with Crippen LogP contribution >= 0.6 is 34.7 Å². The molecule has 5 heteroatoms. The Labute approximate surface area is 126 Å². The van der Waals surface area contributed by atoms with E-state index in [9.17, 15) is 4.79 Å². The zero-order valence-electron chi connectivity index (χ0n) is 10.7. The van der Waals surface area contributed by atoms with Gasteiger partial charge < -0.3 is 4.74 Å². The summed E-state index contributed by atoms with van der Waals surface area (Å²) < 4.78 is 6.04. The first kappa shape index (κ1) is 13.9. The molecule has 0 amide bonds. The number of Topliss-reactive ketones (excluding diaryl/α,β-unsaturated/α-hetero) is 1. The van der Waals surface area contributed by atoms with Crippen LogP contribution in [0.2, 0.25) is 5.02 Å². The van der Waals surface area contributed by atoms with E-state index in [1.54, 1.807) is 0 Å². The molecule has 0 aromatic carbocycles. The predicted octanol–water partition coefficient (Wildman–Crippen LogP) is 4.28. The third-order valence-corrected chi connectivity index (χ3v) is 6.45. The number of thiophene rings is 1. The standard InChI is InChI=1S/C14H17ClO2S2/c15-11-2-6-19-13(11)12(16)10-1-5-17-14(9-10)3-7-18-8-4-14/h2,6,10H,1,3-5,7-9H2. The Morgan fingerprint density at radius 1 is 1.42 bits per heavy atom. The lowest BCUT2D eigenvalue weighted by molar-refractivity contribution is -0.0959. The number of hydrogen-bond donors (Lipinski definition) is 0. The van der Waals surface area contributed by atoms with E-state index in [1.165, 1.54) is 11.3 Å². The fourth-order valence-corrected chi connectivity index (χ4v) is 5.40. The fourth-order valence-electron chi connectivity index (χ4n) is 3.00. The van der Waals surface area contributed by atoms with Crippen molar-refractivity contribution in [3.63, 3.8) is 0 Å². The van der Waals surface area contributed by atoms with E-state index in [2.05, 4.69) is 0 Å². The summed E-state index contributed by atoms with van der Waals surface area (Å²) in [5, 5.41) is 2.50. The molecule has 104 valence electrons. The number of ketones is 1. The number of halogens is 1. The van der Waals surface area contributed by atoms with Crippen LogP contribution in [0.25, 0.3) is 0 Å². The van der Waals surface area contributed by atoms with Crippen LogP contribution in [-0.2, 0) is 4.74 Å². The van der Waals surface area contributed by atoms with Crippen LogP contribution in [0.5, 0.6) is 0 Å². The summed E-state index contributed by atoms with van der Waals surface area (Å²) in [7, 11) is 0. The highest BCUT2D eigenvalue weighted by molar-refractivity contribution is 7.99. The van der Waals surface area contributed by atoms with Gasteiger partial charge in [-0.3, -0.25) is 4.79 Å². The number of carbonyl (C=O) groups is 1. The Balaban J connectivity index is 1.74. The highest BCUT2D eigenvalue weighted by atomic mass is 35.5. The number of rotatable bonds is 2. The molecule has 1 atom stereocenters. The summed E-state index contributed by atoms with van der Waals surface area (Å²) in [6.45, 7) is 0.712. The molecule has 2 nitrogen and oxygen atoms in total. The smallest absolute Gasteiger partial charge is 0.177 e. The van der Waals surface area contributed by atoms with Crippen molar-refractivity contribution in [1.29, 1.82) is 0 Å². The van der Waals surface area contributed by atoms with Crippen molar-refractivity contribution in [2.45, 2.75) is 31.3 Å². The van der Waals surface area contributed by atoms with Crippen LogP contribution in [0.3, 0.4) is 0 Å². The molecule has 1 aromatic heterocycles. The van der Waals surface area contributed by atoms with Crippen molar-refractivity contribution >= 4 is 40.5 Å². The molecule has 2 aliphatic rings. The van der Waals surface area contributed by atoms with Crippen molar-refractivity contribution in [3.8, 4) is 0 Å². The minimum atomic E-state index is -0.0342. The first-order chi connectivity index (χ1) is 9.20. The minimum Gasteiger partial charge on any atom is -0.375 e. The summed E-state index contributed by atoms with van der Waals surface area (Å²) in [5.41, 5.74) is -0.0342. The molecular weight excluding hydrogens is 300 g/mol. The van der Waals surface area contributed by atoms with Crippen LogP contribution in [0.15, 0.2) is 11.4 Å². The zero-order chi connectivity index (χ0) is 13.3. The maximum Gasteiger partial charge on any atom is 0.177 e. The molecule has 2 aliphatic heterocycles. The van der Waals surface area contributed by atoms with Gasteiger partial charge in [0, 0.05) is 12.5 Å². The third-order valence-electron chi connectivity index (χ3n) is 4.11. The van der Waals surface area contributed by atoms with Crippen LogP contribution in [0.1, 0.15) is 35.4 Å². The zero-order valence-corrected chi connectivity index (χ0v) is 13.1. The minimum absolute atomic E-state index is 0.0342. The Morgan fingerprint density at radius 3 is 2.89 bits per heavy atom. The van der Waals surface area contributed by atoms with Crippen LogP contribution in [-0.4, -0.2) is 29.5 Å². The van der Waals surface area contributed by atoms with Gasteiger partial charge in [0.2, 0.25) is 0 Å². The molecule has 3 rings (SSSR count). The summed E-state index contributed by atoms with van der Waals surface area (Å²) >= 11 is 9.53. The number of thioether (sulfide) groups is 1. The second kappa shape index (κ2) is 5.76. The lowest BCUT2D eigenvalue weighted by Gasteiger charge is -2.42. The second-order valence-corrected chi connectivity index (χ2v) is 7.84. The Kier molecular flexibility index (Phi) is 4.22. The van der Waals surface area contributed by atoms with Gasteiger partial charge in [0.15, 0.2) is 5.78 Å². The average molecular weight is 317 g/mol. The number of hydrogen-bond acceptors (Lipinski definition) is 4. The summed E-state index contributed by atoms with van der Waals surface area (Å²) in [6, 6.07) is 1.81. The van der Waals surface area contributed by atoms with Gasteiger partial charge in [-0.05, 0) is 48.6 Å². The van der Waals surface area contributed by atoms with Gasteiger partial charge in [-0.2, -0.15) is 11.8 Å². The monoisotopic (exact) mass is 316 g/mol. The van der Waals surface area contributed by atoms with Crippen molar-refractivity contribution in [3.05, 3.63) is 21.3 Å². The molecule has 3 heterocycles. The molecule has 0 bridgehead atoms. The van der Waals surface area contributed by atoms with E-state index in [1.807, 2.05) is 23.2 Å². The summed E-state index contributed by atoms with van der Waals surface area (Å²) in [4.78, 5) is 13.3. The van der Waals surface area contributed by atoms with Crippen molar-refractivity contribution in [1.82, 2.24) is 0 Å². The van der Waals surface area contributed by atoms with Gasteiger partial charge in [-0.1, -0.05) is 11.6 Å². The van der Waals surface area contributed by atoms with Gasteiger partial charge in [0.05, 0.1) is 15.5 Å². The molecule has 2 saturated heterocycles. The van der Waals surface area contributed by atoms with Gasteiger partial charge in [-0.25, -0.2) is 0 Å². The molecule has 19 heavy (non-hydrogen) atoms. The Bertz CT molecular complexity index is 460. The molecule has 0 saturated carbocycles. The van der Waals surface area contributed by atoms with Crippen LogP contribution in [0.4, 0.5) is 0 Å². The number of ether oxygens (including phenoxy) is 1. The van der Waals surface area contributed by atoms with E-state index in [4.69, 9.17) is 16.3 Å². The molecule has 1 unspecified atom stereocenters. The summed E-state index contributed by atoms with van der Waals surface area (Å²) in [5.74, 6) is 2.62. The molecule has 0 N–H and O–H groups in total. The van der Waals surface area contributed by atoms with E-state index in [0.717, 1.165) is 42.1 Å². The van der Waals surface area contributed by atoms with E-state index < -0.39 is 0 Å². The van der Waals surface area contributed by atoms with Crippen molar-refractivity contribution < 1.29 is 9.53 Å². The van der Waals surface area contributed by atoms with Gasteiger partial charge >= 0.3 is 0 Å². The van der Waals surface area contributed by atoms with Gasteiger partial charge in [-0.15, -0.1) is 11.3 Å². The molecule has 0 radical (unpaired) electrons. The Morgan fingerprint density at radius 2 is 2.21 bits per heavy atom. The van der Waals surface area contributed by atoms with E-state index >= 15 is 0 Å². The maximum absolute atomic E-state index is 12.6. The van der Waals surface area contributed by atoms with Gasteiger partial charge in [0.25, 0.3) is 0 Å². The highest BCUT2D eigenvalue weighted by Gasteiger charge is 2.41. The number of carbonyl (C=O) groups excluding carboxylic acids is 1. The first-order valence-electron chi connectivity index (χ1n) is 6.69. The SMILES string of the molecule is O=C(c1sccc1Cl)C1CCOC2(CCSCC2)C1. The second-order valence-electron chi connectivity index (χ2n) is 5.30. The quantitative estimate of drug-likeness (QED) is 0.762. The largest absolute Gasteiger partial charge is 0.375 e. The normalized spacial score (nSPS) is 26.5. The third kappa shape index (κ3) is 2.87. The molecule has 2 fully saturated rings. The average Bonchev–Trinajstić information content (AvgIpc) is 2.85. The maximum atomic E-state index is 12.6. The topological polar surface area (TPSA) is 26.3 Å². The highest BCUT2D eigenvalue weighted by Crippen LogP contribution is 2.41. The van der Waals surface area contributed by atoms with Crippen molar-refractivity contribution in [2.24, 2.45) is 5.92 Å². The molecule has 0 aliphatic carbocycles. The first-order valence-corrected chi connectivity index (χ1v) is 9.10. The fraction of sp³-hybridized carbons (Fsp3) is 0.643. The summed E-state index contributed by atoms with van der Waals surface area (Å²) in [6.07, 6.45) is 3.88. The van der Waals surface area contributed by atoms with Crippen LogP contribution < -0.4 is 0 Å². The molecular formula is C14H17ClO2S2. The van der Waals surface area contributed by atoms with Crippen molar-refractivity contribution in [2.75, 3.05) is 18.1 Å². The van der Waals surface area contributed by atoms with Gasteiger partial charge in [0.1, 0.15) is 0 Å². The van der Waals surface area contributed by atoms with E-state index in [0.29, 0.717) is 11.6 Å². The molecule has 1 aromatic rings. The Hall–Kier alpha value is -0.0300. The predicted molar refractivity (Wildman–Crippen MR) is 81.6 cm³/mol. The molecule has 1 spiro atoms. The van der Waals surface area contributed by atoms with E-state index in [-0.39, 0.29) is 17.3 Å². The van der Waals surface area contributed by atoms with Crippen LogP contribution in [0, 0.1) is 5.92 Å².